The van der Waals surface area contributed by atoms with Crippen molar-refractivity contribution >= 4 is 11.8 Å². The molecule has 0 aromatic heterocycles. The van der Waals surface area contributed by atoms with Gasteiger partial charge in [-0.15, -0.1) is 0 Å². The minimum Gasteiger partial charge on any atom is -0.354 e. The SMILES string of the molecule is O=C1CC(NC(=O)CC2CNC2)CN1. The molecule has 1 unspecified atom stereocenters. The molecule has 2 aliphatic heterocycles. The molecule has 2 fully saturated rings. The monoisotopic (exact) mass is 197 g/mol. The van der Waals surface area contributed by atoms with Crippen LogP contribution in [-0.2, 0) is 9.59 Å². The molecule has 0 aromatic rings. The lowest BCUT2D eigenvalue weighted by Crippen LogP contribution is -2.46. The summed E-state index contributed by atoms with van der Waals surface area (Å²) < 4.78 is 0. The normalized spacial score (nSPS) is 26.9. The molecule has 0 aliphatic carbocycles. The highest BCUT2D eigenvalue weighted by Gasteiger charge is 2.25. The number of carbonyl (C=O) groups is 2. The Morgan fingerprint density at radius 1 is 1.43 bits per heavy atom. The third-order valence-corrected chi connectivity index (χ3v) is 2.68. The molecule has 2 rings (SSSR count). The molecule has 2 heterocycles. The van der Waals surface area contributed by atoms with Crippen molar-refractivity contribution in [2.45, 2.75) is 18.9 Å². The number of amides is 2. The van der Waals surface area contributed by atoms with Gasteiger partial charge in [-0.05, 0) is 19.0 Å². The molecule has 2 saturated heterocycles. The lowest BCUT2D eigenvalue weighted by Gasteiger charge is -2.26. The van der Waals surface area contributed by atoms with E-state index in [4.69, 9.17) is 0 Å². The third-order valence-electron chi connectivity index (χ3n) is 2.68. The Morgan fingerprint density at radius 3 is 2.71 bits per heavy atom. The summed E-state index contributed by atoms with van der Waals surface area (Å²) in [5.41, 5.74) is 0. The van der Waals surface area contributed by atoms with E-state index < -0.39 is 0 Å². The Kier molecular flexibility index (Phi) is 2.67. The molecule has 5 heteroatoms. The number of carbonyl (C=O) groups excluding carboxylic acids is 2. The van der Waals surface area contributed by atoms with Crippen molar-refractivity contribution in [1.29, 1.82) is 0 Å². The van der Waals surface area contributed by atoms with Crippen LogP contribution < -0.4 is 16.0 Å². The molecule has 0 aromatic carbocycles. The number of rotatable bonds is 3. The molecule has 2 amide bonds. The summed E-state index contributed by atoms with van der Waals surface area (Å²) >= 11 is 0. The zero-order valence-corrected chi connectivity index (χ0v) is 8.01. The largest absolute Gasteiger partial charge is 0.354 e. The molecular weight excluding hydrogens is 182 g/mol. The maximum absolute atomic E-state index is 11.4. The highest BCUT2D eigenvalue weighted by Crippen LogP contribution is 2.08. The molecular formula is C9H15N3O2. The van der Waals surface area contributed by atoms with Crippen LogP contribution in [0.1, 0.15) is 12.8 Å². The van der Waals surface area contributed by atoms with E-state index >= 15 is 0 Å². The molecule has 3 N–H and O–H groups in total. The van der Waals surface area contributed by atoms with Gasteiger partial charge in [0.05, 0.1) is 6.04 Å². The zero-order chi connectivity index (χ0) is 9.97. The molecule has 0 saturated carbocycles. The molecule has 78 valence electrons. The Morgan fingerprint density at radius 2 is 2.21 bits per heavy atom. The van der Waals surface area contributed by atoms with Crippen molar-refractivity contribution in [3.05, 3.63) is 0 Å². The van der Waals surface area contributed by atoms with Crippen LogP contribution >= 0.6 is 0 Å². The van der Waals surface area contributed by atoms with Gasteiger partial charge in [0, 0.05) is 19.4 Å². The summed E-state index contributed by atoms with van der Waals surface area (Å²) in [6, 6.07) is 0.00281. The van der Waals surface area contributed by atoms with E-state index in [1.54, 1.807) is 0 Å². The minimum absolute atomic E-state index is 0.00281. The highest BCUT2D eigenvalue weighted by molar-refractivity contribution is 5.82. The first-order valence-corrected chi connectivity index (χ1v) is 5.01. The van der Waals surface area contributed by atoms with E-state index in [0.29, 0.717) is 25.3 Å². The van der Waals surface area contributed by atoms with Crippen molar-refractivity contribution in [3.8, 4) is 0 Å². The molecule has 2 aliphatic rings. The maximum Gasteiger partial charge on any atom is 0.222 e. The topological polar surface area (TPSA) is 70.2 Å². The Bertz CT molecular complexity index is 250. The van der Waals surface area contributed by atoms with Crippen LogP contribution in [0.3, 0.4) is 0 Å². The Balaban J connectivity index is 1.68. The van der Waals surface area contributed by atoms with Crippen molar-refractivity contribution < 1.29 is 9.59 Å². The average molecular weight is 197 g/mol. The summed E-state index contributed by atoms with van der Waals surface area (Å²) in [4.78, 5) is 22.3. The predicted octanol–water partition coefficient (Wildman–Crippen LogP) is -1.40. The highest BCUT2D eigenvalue weighted by atomic mass is 16.2. The lowest BCUT2D eigenvalue weighted by atomic mass is 9.99. The van der Waals surface area contributed by atoms with Crippen LogP contribution in [0.15, 0.2) is 0 Å². The second kappa shape index (κ2) is 3.96. The number of hydrogen-bond donors (Lipinski definition) is 3. The predicted molar refractivity (Wildman–Crippen MR) is 50.5 cm³/mol. The summed E-state index contributed by atoms with van der Waals surface area (Å²) in [5.74, 6) is 0.582. The molecule has 0 spiro atoms. The quantitative estimate of drug-likeness (QED) is 0.521. The van der Waals surface area contributed by atoms with Gasteiger partial charge < -0.3 is 16.0 Å². The molecule has 14 heavy (non-hydrogen) atoms. The number of hydrogen-bond acceptors (Lipinski definition) is 3. The molecule has 0 bridgehead atoms. The van der Waals surface area contributed by atoms with Crippen LogP contribution in [0.25, 0.3) is 0 Å². The van der Waals surface area contributed by atoms with Gasteiger partial charge in [-0.1, -0.05) is 0 Å². The van der Waals surface area contributed by atoms with E-state index in [1.165, 1.54) is 0 Å². The summed E-state index contributed by atoms with van der Waals surface area (Å²) in [6.07, 6.45) is 1.01. The van der Waals surface area contributed by atoms with Crippen molar-refractivity contribution in [2.24, 2.45) is 5.92 Å². The Labute approximate surface area is 82.6 Å². The average Bonchev–Trinajstić information content (AvgIpc) is 2.44. The molecule has 1 atom stereocenters. The van der Waals surface area contributed by atoms with E-state index in [9.17, 15) is 9.59 Å². The molecule has 5 nitrogen and oxygen atoms in total. The van der Waals surface area contributed by atoms with Gasteiger partial charge in [-0.3, -0.25) is 9.59 Å². The fourth-order valence-corrected chi connectivity index (χ4v) is 1.75. The fourth-order valence-electron chi connectivity index (χ4n) is 1.75. The van der Waals surface area contributed by atoms with Crippen molar-refractivity contribution in [1.82, 2.24) is 16.0 Å². The molecule has 0 radical (unpaired) electrons. The van der Waals surface area contributed by atoms with Crippen LogP contribution in [-0.4, -0.2) is 37.5 Å². The smallest absolute Gasteiger partial charge is 0.222 e. The van der Waals surface area contributed by atoms with Crippen molar-refractivity contribution in [2.75, 3.05) is 19.6 Å². The lowest BCUT2D eigenvalue weighted by molar-refractivity contribution is -0.123. The van der Waals surface area contributed by atoms with Gasteiger partial charge in [0.1, 0.15) is 0 Å². The maximum atomic E-state index is 11.4. The fraction of sp³-hybridized carbons (Fsp3) is 0.778. The van der Waals surface area contributed by atoms with Gasteiger partial charge in [-0.2, -0.15) is 0 Å². The third kappa shape index (κ3) is 2.23. The zero-order valence-electron chi connectivity index (χ0n) is 8.01. The summed E-state index contributed by atoms with van der Waals surface area (Å²) in [6.45, 7) is 2.46. The first kappa shape index (κ1) is 9.45. The van der Waals surface area contributed by atoms with E-state index in [-0.39, 0.29) is 17.9 Å². The minimum atomic E-state index is 0.00281. The van der Waals surface area contributed by atoms with E-state index in [1.807, 2.05) is 0 Å². The van der Waals surface area contributed by atoms with Gasteiger partial charge in [0.15, 0.2) is 0 Å². The Hall–Kier alpha value is -1.10. The van der Waals surface area contributed by atoms with Crippen LogP contribution in [0.5, 0.6) is 0 Å². The van der Waals surface area contributed by atoms with Gasteiger partial charge in [0.2, 0.25) is 11.8 Å². The van der Waals surface area contributed by atoms with E-state index in [2.05, 4.69) is 16.0 Å². The van der Waals surface area contributed by atoms with E-state index in [0.717, 1.165) is 13.1 Å². The van der Waals surface area contributed by atoms with Crippen LogP contribution in [0.4, 0.5) is 0 Å². The van der Waals surface area contributed by atoms with Gasteiger partial charge in [0.25, 0.3) is 0 Å². The van der Waals surface area contributed by atoms with Crippen LogP contribution in [0, 0.1) is 5.92 Å². The second-order valence-electron chi connectivity index (χ2n) is 4.00. The first-order valence-electron chi connectivity index (χ1n) is 5.01. The van der Waals surface area contributed by atoms with Crippen molar-refractivity contribution in [3.63, 3.8) is 0 Å². The number of nitrogens with one attached hydrogen (secondary N) is 3. The van der Waals surface area contributed by atoms with Gasteiger partial charge >= 0.3 is 0 Å². The first-order chi connectivity index (χ1) is 6.74. The summed E-state index contributed by atoms with van der Waals surface area (Å²) in [7, 11) is 0. The van der Waals surface area contributed by atoms with Gasteiger partial charge in [-0.25, -0.2) is 0 Å². The second-order valence-corrected chi connectivity index (χ2v) is 4.00. The standard InChI is InChI=1S/C9H15N3O2/c13-8-2-7(5-11-8)12-9(14)1-6-3-10-4-6/h6-7,10H,1-5H2,(H,11,13)(H,12,14). The summed E-state index contributed by atoms with van der Waals surface area (Å²) in [5, 5.41) is 8.67. The van der Waals surface area contributed by atoms with Crippen LogP contribution in [0.2, 0.25) is 0 Å².